The summed E-state index contributed by atoms with van der Waals surface area (Å²) in [6.07, 6.45) is 0. The molecule has 0 aromatic heterocycles. The Morgan fingerprint density at radius 2 is 1.61 bits per heavy atom. The lowest BCUT2D eigenvalue weighted by atomic mass is 10.0. The second-order valence-electron chi connectivity index (χ2n) is 4.66. The number of phenolic OH excluding ortho intramolecular Hbond substituents is 1. The highest BCUT2D eigenvalue weighted by molar-refractivity contribution is 7.48. The van der Waals surface area contributed by atoms with E-state index in [1.165, 1.54) is 12.1 Å². The van der Waals surface area contributed by atoms with Crippen molar-refractivity contribution in [3.05, 3.63) is 42.0 Å². The summed E-state index contributed by atoms with van der Waals surface area (Å²) in [4.78, 5) is 12.4. The number of ketones is 1. The third-order valence-electron chi connectivity index (χ3n) is 3.13. The van der Waals surface area contributed by atoms with Crippen molar-refractivity contribution < 1.29 is 28.0 Å². The van der Waals surface area contributed by atoms with Crippen molar-refractivity contribution in [2.24, 2.45) is 0 Å². The number of hydrogen-bond acceptors (Lipinski definition) is 6. The van der Waals surface area contributed by atoms with Crippen LogP contribution in [0.2, 0.25) is 0 Å². The molecule has 0 heterocycles. The number of carbonyl (C=O) groups excluding carboxylic acids is 1. The maximum Gasteiger partial charge on any atom is 0.475 e. The Labute approximate surface area is 134 Å². The molecule has 0 fully saturated rings. The lowest BCUT2D eigenvalue weighted by Gasteiger charge is -2.16. The number of hydrogen-bond donors (Lipinski definition) is 1. The summed E-state index contributed by atoms with van der Waals surface area (Å²) >= 11 is 0. The van der Waals surface area contributed by atoms with Gasteiger partial charge in [-0.2, -0.15) is 0 Å². The fourth-order valence-corrected chi connectivity index (χ4v) is 3.30. The van der Waals surface area contributed by atoms with E-state index in [4.69, 9.17) is 13.6 Å². The van der Waals surface area contributed by atoms with E-state index in [2.05, 4.69) is 0 Å². The minimum atomic E-state index is -3.73. The summed E-state index contributed by atoms with van der Waals surface area (Å²) in [6, 6.07) is 9.94. The number of fused-ring (bicyclic) bond motifs is 1. The van der Waals surface area contributed by atoms with Gasteiger partial charge in [0.15, 0.2) is 5.78 Å². The molecule has 0 bridgehead atoms. The van der Waals surface area contributed by atoms with Crippen LogP contribution < -0.4 is 0 Å². The van der Waals surface area contributed by atoms with Gasteiger partial charge in [0, 0.05) is 10.9 Å². The van der Waals surface area contributed by atoms with Gasteiger partial charge in [-0.1, -0.05) is 24.3 Å². The number of carbonyl (C=O) groups is 1. The smallest absolute Gasteiger partial charge is 0.475 e. The first-order chi connectivity index (χ1) is 11.0. The monoisotopic (exact) mass is 338 g/mol. The molecule has 0 saturated carbocycles. The van der Waals surface area contributed by atoms with Crippen molar-refractivity contribution >= 4 is 24.4 Å². The number of Topliss-reactive ketones (excluding diaryl/α,β-unsaturated/α-hetero) is 1. The largest absolute Gasteiger partial charge is 0.507 e. The van der Waals surface area contributed by atoms with Crippen LogP contribution in [-0.2, 0) is 18.1 Å². The highest BCUT2D eigenvalue weighted by atomic mass is 31.2. The Kier molecular flexibility index (Phi) is 5.91. The van der Waals surface area contributed by atoms with E-state index in [0.29, 0.717) is 16.3 Å². The van der Waals surface area contributed by atoms with Crippen LogP contribution >= 0.6 is 7.82 Å². The van der Waals surface area contributed by atoms with Crippen molar-refractivity contribution in [1.82, 2.24) is 0 Å². The maximum absolute atomic E-state index is 12.4. The summed E-state index contributed by atoms with van der Waals surface area (Å²) in [5, 5.41) is 11.0. The van der Waals surface area contributed by atoms with Crippen molar-refractivity contribution in [2.45, 2.75) is 13.8 Å². The zero-order valence-corrected chi connectivity index (χ0v) is 13.9. The highest BCUT2D eigenvalue weighted by Gasteiger charge is 2.27. The van der Waals surface area contributed by atoms with Crippen LogP contribution in [0.4, 0.5) is 0 Å². The Hall–Kier alpha value is -1.72. The summed E-state index contributed by atoms with van der Waals surface area (Å²) in [5.74, 6) is -0.284. The second kappa shape index (κ2) is 7.70. The molecule has 6 nitrogen and oxygen atoms in total. The lowest BCUT2D eigenvalue weighted by Crippen LogP contribution is -2.11. The van der Waals surface area contributed by atoms with E-state index >= 15 is 0 Å². The van der Waals surface area contributed by atoms with Crippen LogP contribution in [0.25, 0.3) is 10.8 Å². The van der Waals surface area contributed by atoms with Gasteiger partial charge in [-0.15, -0.1) is 0 Å². The predicted molar refractivity (Wildman–Crippen MR) is 86.8 cm³/mol. The molecule has 0 amide bonds. The van der Waals surface area contributed by atoms with Gasteiger partial charge >= 0.3 is 7.82 Å². The maximum atomic E-state index is 12.4. The third-order valence-corrected chi connectivity index (χ3v) is 4.72. The normalized spacial score (nSPS) is 11.7. The van der Waals surface area contributed by atoms with Crippen LogP contribution in [0, 0.1) is 0 Å². The van der Waals surface area contributed by atoms with Gasteiger partial charge in [0.05, 0.1) is 13.2 Å². The Morgan fingerprint density at radius 3 is 2.22 bits per heavy atom. The number of phenols is 1. The van der Waals surface area contributed by atoms with Gasteiger partial charge in [0.1, 0.15) is 12.4 Å². The van der Waals surface area contributed by atoms with Gasteiger partial charge < -0.3 is 5.11 Å². The molecule has 124 valence electrons. The van der Waals surface area contributed by atoms with Crippen LogP contribution in [0.3, 0.4) is 0 Å². The molecule has 0 radical (unpaired) electrons. The fourth-order valence-electron chi connectivity index (χ4n) is 2.17. The van der Waals surface area contributed by atoms with Crippen molar-refractivity contribution in [3.8, 4) is 5.75 Å². The van der Waals surface area contributed by atoms with Gasteiger partial charge in [-0.25, -0.2) is 4.57 Å². The van der Waals surface area contributed by atoms with E-state index in [1.807, 2.05) is 0 Å². The first-order valence-electron chi connectivity index (χ1n) is 7.28. The average molecular weight is 338 g/mol. The van der Waals surface area contributed by atoms with Gasteiger partial charge in [0.2, 0.25) is 0 Å². The molecule has 2 rings (SSSR count). The molecule has 23 heavy (non-hydrogen) atoms. The molecule has 0 aliphatic heterocycles. The van der Waals surface area contributed by atoms with Crippen molar-refractivity contribution in [1.29, 1.82) is 0 Å². The van der Waals surface area contributed by atoms with Crippen molar-refractivity contribution in [2.75, 3.05) is 19.8 Å². The number of phosphoric acid groups is 1. The summed E-state index contributed by atoms with van der Waals surface area (Å²) < 4.78 is 27.3. The second-order valence-corrected chi connectivity index (χ2v) is 6.33. The standard InChI is InChI=1S/C16H19O6P/c1-3-20-23(19,21-4-2)22-11-16(18)14-9-10-15(17)13-8-6-5-7-12(13)14/h5-10,17H,3-4,11H2,1-2H3. The van der Waals surface area contributed by atoms with Crippen molar-refractivity contribution in [3.63, 3.8) is 0 Å². The first kappa shape index (κ1) is 17.6. The lowest BCUT2D eigenvalue weighted by molar-refractivity contribution is 0.0817. The van der Waals surface area contributed by atoms with E-state index in [0.717, 1.165) is 0 Å². The molecule has 0 saturated heterocycles. The Morgan fingerprint density at radius 1 is 1.00 bits per heavy atom. The Balaban J connectivity index is 2.22. The van der Waals surface area contributed by atoms with E-state index in [9.17, 15) is 14.5 Å². The minimum Gasteiger partial charge on any atom is -0.507 e. The molecular weight excluding hydrogens is 319 g/mol. The molecule has 0 spiro atoms. The quantitative estimate of drug-likeness (QED) is 0.580. The molecule has 0 unspecified atom stereocenters. The topological polar surface area (TPSA) is 82.1 Å². The van der Waals surface area contributed by atoms with E-state index in [-0.39, 0.29) is 24.7 Å². The molecule has 1 N–H and O–H groups in total. The van der Waals surface area contributed by atoms with Crippen LogP contribution in [0.15, 0.2) is 36.4 Å². The molecule has 7 heteroatoms. The average Bonchev–Trinajstić information content (AvgIpc) is 2.54. The molecule has 0 atom stereocenters. The van der Waals surface area contributed by atoms with Crippen LogP contribution in [0.1, 0.15) is 24.2 Å². The van der Waals surface area contributed by atoms with E-state index < -0.39 is 14.4 Å². The zero-order chi connectivity index (χ0) is 16.9. The van der Waals surface area contributed by atoms with Crippen LogP contribution in [-0.4, -0.2) is 30.7 Å². The van der Waals surface area contributed by atoms with E-state index in [1.54, 1.807) is 38.1 Å². The number of rotatable bonds is 8. The molecule has 0 aliphatic carbocycles. The summed E-state index contributed by atoms with van der Waals surface area (Å²) in [6.45, 7) is 3.17. The van der Waals surface area contributed by atoms with Gasteiger partial charge in [-0.3, -0.25) is 18.4 Å². The molecule has 0 aliphatic rings. The minimum absolute atomic E-state index is 0.0902. The third kappa shape index (κ3) is 4.18. The molecular formula is C16H19O6P. The molecule has 2 aromatic carbocycles. The fraction of sp³-hybridized carbons (Fsp3) is 0.312. The number of phosphoric ester groups is 1. The number of benzene rings is 2. The highest BCUT2D eigenvalue weighted by Crippen LogP contribution is 2.49. The van der Waals surface area contributed by atoms with Gasteiger partial charge in [0.25, 0.3) is 0 Å². The zero-order valence-electron chi connectivity index (χ0n) is 13.0. The summed E-state index contributed by atoms with van der Waals surface area (Å²) in [5.41, 5.74) is 0.373. The van der Waals surface area contributed by atoms with Gasteiger partial charge in [-0.05, 0) is 31.4 Å². The Bertz CT molecular complexity index is 732. The SMILES string of the molecule is CCOP(=O)(OCC)OCC(=O)c1ccc(O)c2ccccc12. The predicted octanol–water partition coefficient (Wildman–Crippen LogP) is 3.93. The van der Waals surface area contributed by atoms with Crippen LogP contribution in [0.5, 0.6) is 5.75 Å². The molecule has 2 aromatic rings. The first-order valence-corrected chi connectivity index (χ1v) is 8.74. The summed E-state index contributed by atoms with van der Waals surface area (Å²) in [7, 11) is -3.73. The number of aromatic hydroxyl groups is 1.